The Hall–Kier alpha value is -1.72. The van der Waals surface area contributed by atoms with Crippen molar-refractivity contribution in [3.63, 3.8) is 0 Å². The van der Waals surface area contributed by atoms with Gasteiger partial charge in [0.05, 0.1) is 32.8 Å². The van der Waals surface area contributed by atoms with Crippen LogP contribution in [0.25, 0.3) is 0 Å². The Balaban J connectivity index is 2.52. The molecule has 1 aromatic rings. The summed E-state index contributed by atoms with van der Waals surface area (Å²) in [5.74, 6) is -0.297. The van der Waals surface area contributed by atoms with Gasteiger partial charge in [0.25, 0.3) is 0 Å². The number of rotatable bonds is 5. The summed E-state index contributed by atoms with van der Waals surface area (Å²) in [6, 6.07) is 0. The second-order valence-electron chi connectivity index (χ2n) is 2.62. The maximum atomic E-state index is 11.7. The molecule has 0 aliphatic carbocycles. The van der Waals surface area contributed by atoms with Gasteiger partial charge in [-0.2, -0.15) is 0 Å². The van der Waals surface area contributed by atoms with Crippen molar-refractivity contribution < 1.29 is 18.7 Å². The lowest BCUT2D eigenvalue weighted by Gasteiger charge is -2.03. The predicted molar refractivity (Wildman–Crippen MR) is 49.5 cm³/mol. The highest BCUT2D eigenvalue weighted by molar-refractivity contribution is 5.86. The summed E-state index contributed by atoms with van der Waals surface area (Å²) in [6.45, 7) is -0.198. The summed E-state index contributed by atoms with van der Waals surface area (Å²) < 4.78 is 21.2. The Morgan fingerprint density at radius 3 is 2.80 bits per heavy atom. The van der Waals surface area contributed by atoms with Gasteiger partial charge < -0.3 is 9.47 Å². The molecule has 82 valence electrons. The molecule has 0 aliphatic rings. The quantitative estimate of drug-likeness (QED) is 0.540. The van der Waals surface area contributed by atoms with E-state index < -0.39 is 12.6 Å². The Morgan fingerprint density at radius 1 is 1.47 bits per heavy atom. The lowest BCUT2D eigenvalue weighted by Crippen LogP contribution is -2.06. The van der Waals surface area contributed by atoms with Crippen molar-refractivity contribution >= 4 is 5.97 Å². The van der Waals surface area contributed by atoms with E-state index in [9.17, 15) is 9.18 Å². The second kappa shape index (κ2) is 5.90. The number of esters is 1. The minimum Gasteiger partial charge on any atom is -0.476 e. The van der Waals surface area contributed by atoms with Crippen molar-refractivity contribution in [3.05, 3.63) is 18.1 Å². The van der Waals surface area contributed by atoms with E-state index in [-0.39, 0.29) is 18.2 Å². The van der Waals surface area contributed by atoms with Crippen molar-refractivity contribution in [2.45, 2.75) is 6.42 Å². The summed E-state index contributed by atoms with van der Waals surface area (Å²) in [7, 11) is 1.26. The molecule has 0 aromatic carbocycles. The highest BCUT2D eigenvalue weighted by Crippen LogP contribution is 2.05. The zero-order chi connectivity index (χ0) is 11.1. The Morgan fingerprint density at radius 2 is 2.27 bits per heavy atom. The van der Waals surface area contributed by atoms with Crippen molar-refractivity contribution in [1.29, 1.82) is 0 Å². The maximum Gasteiger partial charge on any atom is 0.358 e. The van der Waals surface area contributed by atoms with E-state index in [2.05, 4.69) is 14.7 Å². The normalized spacial score (nSPS) is 9.73. The van der Waals surface area contributed by atoms with Crippen LogP contribution in [0, 0.1) is 0 Å². The van der Waals surface area contributed by atoms with E-state index in [0.29, 0.717) is 6.42 Å². The molecule has 5 nitrogen and oxygen atoms in total. The number of nitrogens with zero attached hydrogens (tertiary/aromatic N) is 2. The van der Waals surface area contributed by atoms with Gasteiger partial charge >= 0.3 is 5.97 Å². The van der Waals surface area contributed by atoms with Gasteiger partial charge in [0, 0.05) is 6.42 Å². The third kappa shape index (κ3) is 3.49. The molecule has 0 amide bonds. The molecular weight excluding hydrogens is 203 g/mol. The largest absolute Gasteiger partial charge is 0.476 e. The number of hydrogen-bond acceptors (Lipinski definition) is 5. The zero-order valence-electron chi connectivity index (χ0n) is 8.27. The molecule has 6 heteroatoms. The van der Waals surface area contributed by atoms with Crippen LogP contribution >= 0.6 is 0 Å². The standard InChI is InChI=1S/C9H11FN2O3/c1-14-9(13)7-5-12-8(6-11-7)15-4-2-3-10/h5-6H,2-4H2,1H3. The van der Waals surface area contributed by atoms with Gasteiger partial charge in [-0.3, -0.25) is 4.39 Å². The first-order valence-corrected chi connectivity index (χ1v) is 4.37. The molecule has 0 N–H and O–H groups in total. The lowest BCUT2D eigenvalue weighted by atomic mass is 10.4. The molecule has 1 aromatic heterocycles. The van der Waals surface area contributed by atoms with Crippen LogP contribution < -0.4 is 4.74 Å². The van der Waals surface area contributed by atoms with Gasteiger partial charge in [0.1, 0.15) is 0 Å². The molecule has 1 rings (SSSR count). The number of methoxy groups -OCH3 is 1. The smallest absolute Gasteiger partial charge is 0.358 e. The first-order valence-electron chi connectivity index (χ1n) is 4.37. The highest BCUT2D eigenvalue weighted by atomic mass is 19.1. The van der Waals surface area contributed by atoms with Crippen molar-refractivity contribution in [1.82, 2.24) is 9.97 Å². The van der Waals surface area contributed by atoms with Gasteiger partial charge in [-0.05, 0) is 0 Å². The Labute approximate surface area is 86.2 Å². The molecule has 0 aliphatic heterocycles. The summed E-state index contributed by atoms with van der Waals surface area (Å²) in [5, 5.41) is 0. The SMILES string of the molecule is COC(=O)c1cnc(OCCCF)cn1. The van der Waals surface area contributed by atoms with E-state index in [4.69, 9.17) is 4.74 Å². The molecular formula is C9H11FN2O3. The number of alkyl halides is 1. The molecule has 0 saturated carbocycles. The lowest BCUT2D eigenvalue weighted by molar-refractivity contribution is 0.0593. The summed E-state index contributed by atoms with van der Waals surface area (Å²) >= 11 is 0. The zero-order valence-corrected chi connectivity index (χ0v) is 8.27. The van der Waals surface area contributed by atoms with Gasteiger partial charge in [0.15, 0.2) is 5.69 Å². The molecule has 0 spiro atoms. The first-order chi connectivity index (χ1) is 7.27. The van der Waals surface area contributed by atoms with E-state index in [0.717, 1.165) is 0 Å². The molecule has 0 saturated heterocycles. The second-order valence-corrected chi connectivity index (χ2v) is 2.62. The van der Waals surface area contributed by atoms with Crippen LogP contribution in [0.1, 0.15) is 16.9 Å². The maximum absolute atomic E-state index is 11.7. The van der Waals surface area contributed by atoms with Crippen LogP contribution in [-0.4, -0.2) is 36.3 Å². The number of aromatic nitrogens is 2. The van der Waals surface area contributed by atoms with Crippen molar-refractivity contribution in [2.75, 3.05) is 20.4 Å². The summed E-state index contributed by atoms with van der Waals surface area (Å²) in [4.78, 5) is 18.6. The molecule has 1 heterocycles. The third-order valence-electron chi connectivity index (χ3n) is 1.55. The topological polar surface area (TPSA) is 61.3 Å². The molecule has 0 unspecified atom stereocenters. The summed E-state index contributed by atoms with van der Waals surface area (Å²) in [6.07, 6.45) is 2.85. The molecule has 0 bridgehead atoms. The van der Waals surface area contributed by atoms with Crippen LogP contribution in [0.4, 0.5) is 4.39 Å². The van der Waals surface area contributed by atoms with Gasteiger partial charge in [-0.25, -0.2) is 14.8 Å². The molecule has 0 radical (unpaired) electrons. The average molecular weight is 214 g/mol. The summed E-state index contributed by atoms with van der Waals surface area (Å²) in [5.41, 5.74) is 0.107. The first kappa shape index (κ1) is 11.4. The number of ether oxygens (including phenoxy) is 2. The van der Waals surface area contributed by atoms with Gasteiger partial charge in [-0.1, -0.05) is 0 Å². The van der Waals surface area contributed by atoms with Crippen LogP contribution in [0.2, 0.25) is 0 Å². The van der Waals surface area contributed by atoms with Crippen LogP contribution in [0.3, 0.4) is 0 Å². The van der Waals surface area contributed by atoms with E-state index in [1.54, 1.807) is 0 Å². The molecule has 15 heavy (non-hydrogen) atoms. The van der Waals surface area contributed by atoms with Crippen molar-refractivity contribution in [3.8, 4) is 5.88 Å². The fourth-order valence-electron chi connectivity index (χ4n) is 0.832. The number of halogens is 1. The number of hydrogen-bond donors (Lipinski definition) is 0. The minimum absolute atomic E-state index is 0.107. The fourth-order valence-corrected chi connectivity index (χ4v) is 0.832. The Kier molecular flexibility index (Phi) is 4.46. The van der Waals surface area contributed by atoms with Crippen molar-refractivity contribution in [2.24, 2.45) is 0 Å². The van der Waals surface area contributed by atoms with Gasteiger partial charge in [0.2, 0.25) is 5.88 Å². The monoisotopic (exact) mass is 214 g/mol. The third-order valence-corrected chi connectivity index (χ3v) is 1.55. The van der Waals surface area contributed by atoms with Crippen LogP contribution in [0.5, 0.6) is 5.88 Å². The predicted octanol–water partition coefficient (Wildman–Crippen LogP) is 1.00. The number of carbonyl (C=O) groups excluding carboxylic acids is 1. The van der Waals surface area contributed by atoms with Crippen LogP contribution in [-0.2, 0) is 4.74 Å². The van der Waals surface area contributed by atoms with E-state index in [1.807, 2.05) is 0 Å². The van der Waals surface area contributed by atoms with Crippen LogP contribution in [0.15, 0.2) is 12.4 Å². The Bertz CT molecular complexity index is 316. The average Bonchev–Trinajstić information content (AvgIpc) is 2.29. The number of carbonyl (C=O) groups is 1. The molecule has 0 fully saturated rings. The van der Waals surface area contributed by atoms with E-state index >= 15 is 0 Å². The van der Waals surface area contributed by atoms with Gasteiger partial charge in [-0.15, -0.1) is 0 Å². The minimum atomic E-state index is -0.558. The highest BCUT2D eigenvalue weighted by Gasteiger charge is 2.07. The van der Waals surface area contributed by atoms with E-state index in [1.165, 1.54) is 19.5 Å². The fraction of sp³-hybridized carbons (Fsp3) is 0.444. The molecule has 0 atom stereocenters.